The van der Waals surface area contributed by atoms with Gasteiger partial charge in [0.15, 0.2) is 11.5 Å². The first-order chi connectivity index (χ1) is 11.2. The lowest BCUT2D eigenvalue weighted by atomic mass is 10.2. The van der Waals surface area contributed by atoms with Gasteiger partial charge in [-0.3, -0.25) is 10.1 Å². The monoisotopic (exact) mass is 371 g/mol. The van der Waals surface area contributed by atoms with Crippen LogP contribution >= 0.6 is 11.6 Å². The summed E-state index contributed by atoms with van der Waals surface area (Å²) in [6.45, 7) is 3.24. The maximum atomic E-state index is 12.4. The molecule has 9 heteroatoms. The predicted molar refractivity (Wildman–Crippen MR) is 88.4 cm³/mol. The molecular weight excluding hydrogens is 358 g/mol. The summed E-state index contributed by atoms with van der Waals surface area (Å²) in [5.74, 6) is 0.203. The Morgan fingerprint density at radius 2 is 1.79 bits per heavy atom. The van der Waals surface area contributed by atoms with Gasteiger partial charge in [-0.1, -0.05) is 17.7 Å². The highest BCUT2D eigenvalue weighted by atomic mass is 35.5. The Bertz CT molecular complexity index is 910. The zero-order valence-electron chi connectivity index (χ0n) is 13.1. The number of hydrogen-bond donors (Lipinski definition) is 0. The van der Waals surface area contributed by atoms with Crippen LogP contribution in [0.15, 0.2) is 35.2 Å². The van der Waals surface area contributed by atoms with Gasteiger partial charge in [0.1, 0.15) is 4.90 Å². The van der Waals surface area contributed by atoms with E-state index in [1.165, 1.54) is 20.1 Å². The molecule has 7 nitrogen and oxygen atoms in total. The Hall–Kier alpha value is -2.32. The van der Waals surface area contributed by atoms with E-state index in [4.69, 9.17) is 20.5 Å². The number of nitro benzene ring substituents is 1. The van der Waals surface area contributed by atoms with Gasteiger partial charge in [-0.15, -0.1) is 0 Å². The standard InChI is InChI=1S/C15H14ClNO6S/c1-9-4-5-14(15(6-9)22-3)23-24(20,21)11-7-12(16)10(2)13(8-11)17(18)19/h4-8H,1-3H3. The van der Waals surface area contributed by atoms with Gasteiger partial charge in [-0.25, -0.2) is 0 Å². The second kappa shape index (κ2) is 6.66. The number of halogens is 1. The topological polar surface area (TPSA) is 95.7 Å². The molecule has 0 saturated heterocycles. The molecule has 128 valence electrons. The predicted octanol–water partition coefficient (Wildman–Crippen LogP) is 3.64. The fourth-order valence-electron chi connectivity index (χ4n) is 1.98. The Balaban J connectivity index is 2.51. The van der Waals surface area contributed by atoms with E-state index in [0.717, 1.165) is 17.7 Å². The van der Waals surface area contributed by atoms with Gasteiger partial charge < -0.3 is 8.92 Å². The molecule has 0 fully saturated rings. The lowest BCUT2D eigenvalue weighted by molar-refractivity contribution is -0.385. The van der Waals surface area contributed by atoms with Crippen molar-refractivity contribution in [1.29, 1.82) is 0 Å². The minimum Gasteiger partial charge on any atom is -0.493 e. The first-order valence-corrected chi connectivity index (χ1v) is 8.48. The van der Waals surface area contributed by atoms with Crippen LogP contribution in [0.25, 0.3) is 0 Å². The minimum atomic E-state index is -4.32. The van der Waals surface area contributed by atoms with Crippen LogP contribution in [0, 0.1) is 24.0 Å². The van der Waals surface area contributed by atoms with Crippen molar-refractivity contribution in [3.8, 4) is 11.5 Å². The maximum absolute atomic E-state index is 12.4. The number of hydrogen-bond acceptors (Lipinski definition) is 6. The zero-order chi connectivity index (χ0) is 18.1. The molecule has 0 aliphatic heterocycles. The Kier molecular flexibility index (Phi) is 5.00. The van der Waals surface area contributed by atoms with E-state index in [1.807, 2.05) is 6.92 Å². The molecule has 0 aliphatic carbocycles. The van der Waals surface area contributed by atoms with E-state index in [-0.39, 0.29) is 22.1 Å². The fraction of sp³-hybridized carbons (Fsp3) is 0.200. The molecule has 0 spiro atoms. The third-order valence-corrected chi connectivity index (χ3v) is 4.90. The summed E-state index contributed by atoms with van der Waals surface area (Å²) in [4.78, 5) is 9.93. The van der Waals surface area contributed by atoms with Crippen LogP contribution in [-0.4, -0.2) is 20.5 Å². The average molecular weight is 372 g/mol. The number of rotatable bonds is 5. The van der Waals surface area contributed by atoms with Crippen molar-refractivity contribution in [2.24, 2.45) is 0 Å². The van der Waals surface area contributed by atoms with Crippen LogP contribution in [-0.2, 0) is 10.1 Å². The van der Waals surface area contributed by atoms with Crippen LogP contribution in [0.1, 0.15) is 11.1 Å². The molecule has 0 aromatic heterocycles. The molecule has 24 heavy (non-hydrogen) atoms. The van der Waals surface area contributed by atoms with Crippen LogP contribution < -0.4 is 8.92 Å². The highest BCUT2D eigenvalue weighted by Gasteiger charge is 2.25. The van der Waals surface area contributed by atoms with Gasteiger partial charge in [0, 0.05) is 11.6 Å². The first-order valence-electron chi connectivity index (χ1n) is 6.69. The summed E-state index contributed by atoms with van der Waals surface area (Å²) in [6, 6.07) is 6.72. The number of nitro groups is 1. The Labute approximate surface area is 144 Å². The summed E-state index contributed by atoms with van der Waals surface area (Å²) >= 11 is 5.90. The molecule has 0 radical (unpaired) electrons. The summed E-state index contributed by atoms with van der Waals surface area (Å²) in [5, 5.41) is 11.0. The number of ether oxygens (including phenoxy) is 1. The van der Waals surface area contributed by atoms with Crippen molar-refractivity contribution in [3.05, 3.63) is 56.6 Å². The highest BCUT2D eigenvalue weighted by molar-refractivity contribution is 7.87. The highest BCUT2D eigenvalue weighted by Crippen LogP contribution is 2.33. The Morgan fingerprint density at radius 1 is 1.12 bits per heavy atom. The molecule has 2 aromatic rings. The first kappa shape index (κ1) is 18.0. The lowest BCUT2D eigenvalue weighted by Gasteiger charge is -2.12. The molecule has 0 saturated carbocycles. The van der Waals surface area contributed by atoms with E-state index in [2.05, 4.69) is 0 Å². The SMILES string of the molecule is COc1cc(C)ccc1OS(=O)(=O)c1cc(Cl)c(C)c([N+](=O)[O-])c1. The summed E-state index contributed by atoms with van der Waals surface area (Å²) in [5.41, 5.74) is 0.625. The van der Waals surface area contributed by atoms with Crippen molar-refractivity contribution >= 4 is 27.4 Å². The van der Waals surface area contributed by atoms with E-state index >= 15 is 0 Å². The van der Waals surface area contributed by atoms with Gasteiger partial charge in [-0.2, -0.15) is 8.42 Å². The van der Waals surface area contributed by atoms with Gasteiger partial charge in [0.05, 0.1) is 17.1 Å². The molecule has 0 unspecified atom stereocenters. The van der Waals surface area contributed by atoms with Crippen LogP contribution in [0.3, 0.4) is 0 Å². The lowest BCUT2D eigenvalue weighted by Crippen LogP contribution is -2.11. The second-order valence-electron chi connectivity index (χ2n) is 5.00. The molecule has 0 N–H and O–H groups in total. The fourth-order valence-corrected chi connectivity index (χ4v) is 3.25. The molecule has 0 bridgehead atoms. The third kappa shape index (κ3) is 3.60. The van der Waals surface area contributed by atoms with E-state index in [0.29, 0.717) is 0 Å². The minimum absolute atomic E-state index is 0.0255. The number of nitrogens with zero attached hydrogens (tertiary/aromatic N) is 1. The molecule has 0 atom stereocenters. The summed E-state index contributed by atoms with van der Waals surface area (Å²) < 4.78 is 35.0. The number of aryl methyl sites for hydroxylation is 1. The zero-order valence-corrected chi connectivity index (χ0v) is 14.6. The van der Waals surface area contributed by atoms with Crippen LogP contribution in [0.4, 0.5) is 5.69 Å². The van der Waals surface area contributed by atoms with Gasteiger partial charge in [-0.05, 0) is 37.6 Å². The molecular formula is C15H14ClNO6S. The molecule has 2 rings (SSSR count). The smallest absolute Gasteiger partial charge is 0.339 e. The van der Waals surface area contributed by atoms with E-state index < -0.39 is 25.6 Å². The quantitative estimate of drug-likeness (QED) is 0.452. The van der Waals surface area contributed by atoms with Crippen LogP contribution in [0.2, 0.25) is 5.02 Å². The Morgan fingerprint density at radius 3 is 2.38 bits per heavy atom. The molecule has 0 heterocycles. The van der Waals surface area contributed by atoms with Crippen molar-refractivity contribution in [1.82, 2.24) is 0 Å². The van der Waals surface area contributed by atoms with Gasteiger partial charge >= 0.3 is 10.1 Å². The summed E-state index contributed by atoms with van der Waals surface area (Å²) in [6.07, 6.45) is 0. The van der Waals surface area contributed by atoms with Crippen molar-refractivity contribution in [3.63, 3.8) is 0 Å². The maximum Gasteiger partial charge on any atom is 0.339 e. The number of methoxy groups -OCH3 is 1. The normalized spacial score (nSPS) is 11.2. The van der Waals surface area contributed by atoms with Crippen molar-refractivity contribution < 1.29 is 22.3 Å². The summed E-state index contributed by atoms with van der Waals surface area (Å²) in [7, 11) is -2.95. The molecule has 0 amide bonds. The van der Waals surface area contributed by atoms with Crippen LogP contribution in [0.5, 0.6) is 11.5 Å². The van der Waals surface area contributed by atoms with Crippen molar-refractivity contribution in [2.45, 2.75) is 18.7 Å². The van der Waals surface area contributed by atoms with Gasteiger partial charge in [0.2, 0.25) is 0 Å². The second-order valence-corrected chi connectivity index (χ2v) is 6.95. The van der Waals surface area contributed by atoms with Crippen molar-refractivity contribution in [2.75, 3.05) is 7.11 Å². The van der Waals surface area contributed by atoms with E-state index in [9.17, 15) is 18.5 Å². The molecule has 2 aromatic carbocycles. The van der Waals surface area contributed by atoms with E-state index in [1.54, 1.807) is 12.1 Å². The number of benzene rings is 2. The average Bonchev–Trinajstić information content (AvgIpc) is 2.50. The molecule has 0 aliphatic rings. The third-order valence-electron chi connectivity index (χ3n) is 3.29. The van der Waals surface area contributed by atoms with Gasteiger partial charge in [0.25, 0.3) is 5.69 Å². The largest absolute Gasteiger partial charge is 0.493 e.